The van der Waals surface area contributed by atoms with Crippen molar-refractivity contribution in [2.75, 3.05) is 0 Å². The Hall–Kier alpha value is -2.74. The van der Waals surface area contributed by atoms with Gasteiger partial charge in [-0.2, -0.15) is 13.2 Å². The zero-order valence-electron chi connectivity index (χ0n) is 15.1. The summed E-state index contributed by atoms with van der Waals surface area (Å²) in [6, 6.07) is 8.39. The third-order valence-electron chi connectivity index (χ3n) is 4.08. The van der Waals surface area contributed by atoms with Crippen molar-refractivity contribution >= 4 is 20.0 Å². The largest absolute Gasteiger partial charge is 0.468 e. The van der Waals surface area contributed by atoms with Crippen molar-refractivity contribution in [3.05, 3.63) is 53.9 Å². The number of oxazole rings is 1. The third-order valence-corrected chi connectivity index (χ3v) is 6.06. The molecule has 4 N–H and O–H groups in total. The van der Waals surface area contributed by atoms with Crippen LogP contribution in [0.15, 0.2) is 56.7 Å². The molecule has 3 rings (SSSR count). The predicted octanol–water partition coefficient (Wildman–Crippen LogP) is 2.63. The lowest BCUT2D eigenvalue weighted by atomic mass is 10.0. The van der Waals surface area contributed by atoms with E-state index in [1.807, 2.05) is 0 Å². The Morgan fingerprint density at radius 3 is 1.97 bits per heavy atom. The Bertz CT molecular complexity index is 1330. The van der Waals surface area contributed by atoms with Gasteiger partial charge in [0.1, 0.15) is 5.69 Å². The van der Waals surface area contributed by atoms with Crippen molar-refractivity contribution in [3.63, 3.8) is 0 Å². The van der Waals surface area contributed by atoms with E-state index in [0.717, 1.165) is 18.2 Å². The Kier molecular flexibility index (Phi) is 5.27. The lowest BCUT2D eigenvalue weighted by molar-refractivity contribution is -0.156. The quantitative estimate of drug-likeness (QED) is 0.611. The molecule has 0 aliphatic rings. The van der Waals surface area contributed by atoms with Gasteiger partial charge in [0.25, 0.3) is 0 Å². The van der Waals surface area contributed by atoms with Gasteiger partial charge in [0.2, 0.25) is 20.0 Å². The molecule has 2 aromatic carbocycles. The maximum Gasteiger partial charge on any atom is 0.468 e. The zero-order chi connectivity index (χ0) is 22.5. The second-order valence-corrected chi connectivity index (χ2v) is 9.38. The minimum Gasteiger partial charge on any atom is -0.432 e. The molecule has 0 aliphatic carbocycles. The predicted molar refractivity (Wildman–Crippen MR) is 99.9 cm³/mol. The summed E-state index contributed by atoms with van der Waals surface area (Å²) in [6.07, 6.45) is -4.92. The standard InChI is InChI=1S/C17H14F3N3O5S2/c1-9-2-3-11(8-13(9)30(22,26)27)14-15(28-16(23-14)17(18,19)20)10-4-6-12(7-5-10)29(21,24)25/h2-8H,1H3,(H2,21,24,25)(H2,22,26,27). The molecule has 30 heavy (non-hydrogen) atoms. The zero-order valence-corrected chi connectivity index (χ0v) is 16.8. The van der Waals surface area contributed by atoms with Crippen LogP contribution in [0.25, 0.3) is 22.6 Å². The summed E-state index contributed by atoms with van der Waals surface area (Å²) in [7, 11) is -8.16. The van der Waals surface area contributed by atoms with Crippen LogP contribution in [0.2, 0.25) is 0 Å². The van der Waals surface area contributed by atoms with Crippen LogP contribution in [0.4, 0.5) is 13.2 Å². The number of primary sulfonamides is 2. The van der Waals surface area contributed by atoms with Gasteiger partial charge < -0.3 is 4.42 Å². The highest BCUT2D eigenvalue weighted by Crippen LogP contribution is 2.39. The number of aryl methyl sites for hydroxylation is 1. The molecule has 0 unspecified atom stereocenters. The van der Waals surface area contributed by atoms with E-state index in [0.29, 0.717) is 5.56 Å². The van der Waals surface area contributed by atoms with E-state index in [9.17, 15) is 30.0 Å². The van der Waals surface area contributed by atoms with E-state index in [1.54, 1.807) is 0 Å². The molecule has 0 amide bonds. The molecule has 3 aromatic rings. The fourth-order valence-corrected chi connectivity index (χ4v) is 4.01. The molecule has 0 saturated heterocycles. The first kappa shape index (κ1) is 22.0. The number of nitrogens with zero attached hydrogens (tertiary/aromatic N) is 1. The number of nitrogens with two attached hydrogens (primary N) is 2. The number of alkyl halides is 3. The number of aromatic nitrogens is 1. The van der Waals surface area contributed by atoms with Gasteiger partial charge in [0.15, 0.2) is 5.76 Å². The van der Waals surface area contributed by atoms with Crippen LogP contribution >= 0.6 is 0 Å². The highest BCUT2D eigenvalue weighted by molar-refractivity contribution is 7.89. The van der Waals surface area contributed by atoms with E-state index >= 15 is 0 Å². The lowest BCUT2D eigenvalue weighted by Gasteiger charge is -2.07. The van der Waals surface area contributed by atoms with Crippen LogP contribution in [-0.4, -0.2) is 21.8 Å². The van der Waals surface area contributed by atoms with Gasteiger partial charge in [0, 0.05) is 11.1 Å². The van der Waals surface area contributed by atoms with Crippen molar-refractivity contribution in [1.29, 1.82) is 0 Å². The van der Waals surface area contributed by atoms with E-state index in [-0.39, 0.29) is 32.4 Å². The van der Waals surface area contributed by atoms with Gasteiger partial charge in [0.05, 0.1) is 9.79 Å². The van der Waals surface area contributed by atoms with Crippen molar-refractivity contribution in [1.82, 2.24) is 4.98 Å². The molecule has 1 heterocycles. The molecular formula is C17H14F3N3O5S2. The Balaban J connectivity index is 2.25. The fourth-order valence-electron chi connectivity index (χ4n) is 2.68. The Morgan fingerprint density at radius 2 is 1.47 bits per heavy atom. The first-order valence-corrected chi connectivity index (χ1v) is 11.1. The van der Waals surface area contributed by atoms with Crippen molar-refractivity contribution in [2.45, 2.75) is 22.9 Å². The molecule has 0 spiro atoms. The Labute approximate surface area is 169 Å². The summed E-state index contributed by atoms with van der Waals surface area (Å²) < 4.78 is 90.8. The van der Waals surface area contributed by atoms with Gasteiger partial charge in [-0.3, -0.25) is 0 Å². The van der Waals surface area contributed by atoms with Gasteiger partial charge in [-0.1, -0.05) is 12.1 Å². The monoisotopic (exact) mass is 461 g/mol. The highest BCUT2D eigenvalue weighted by Gasteiger charge is 2.39. The minimum atomic E-state index is -4.92. The number of halogens is 3. The maximum atomic E-state index is 13.2. The van der Waals surface area contributed by atoms with Crippen molar-refractivity contribution in [2.24, 2.45) is 10.3 Å². The Morgan fingerprint density at radius 1 is 0.900 bits per heavy atom. The van der Waals surface area contributed by atoms with Gasteiger partial charge in [-0.15, -0.1) is 0 Å². The van der Waals surface area contributed by atoms with Crippen LogP contribution in [0.1, 0.15) is 11.5 Å². The summed E-state index contributed by atoms with van der Waals surface area (Å²) >= 11 is 0. The van der Waals surface area contributed by atoms with Crippen molar-refractivity contribution < 1.29 is 34.4 Å². The molecule has 0 fully saturated rings. The number of rotatable bonds is 4. The highest BCUT2D eigenvalue weighted by atomic mass is 32.2. The molecule has 160 valence electrons. The summed E-state index contributed by atoms with van der Waals surface area (Å²) in [4.78, 5) is 2.94. The van der Waals surface area contributed by atoms with E-state index in [2.05, 4.69) is 4.98 Å². The maximum absolute atomic E-state index is 13.2. The second kappa shape index (κ2) is 7.19. The average Bonchev–Trinajstić information content (AvgIpc) is 3.06. The SMILES string of the molecule is Cc1ccc(-c2nc(C(F)(F)F)oc2-c2ccc(S(N)(=O)=O)cc2)cc1S(N)(=O)=O. The molecule has 0 saturated carbocycles. The van der Waals surface area contributed by atoms with Crippen LogP contribution in [0.3, 0.4) is 0 Å². The van der Waals surface area contributed by atoms with Crippen LogP contribution in [-0.2, 0) is 26.2 Å². The number of sulfonamides is 2. The fraction of sp³-hybridized carbons (Fsp3) is 0.118. The van der Waals surface area contributed by atoms with E-state index < -0.39 is 32.1 Å². The van der Waals surface area contributed by atoms with Crippen LogP contribution in [0.5, 0.6) is 0 Å². The molecule has 0 atom stereocenters. The third kappa shape index (κ3) is 4.38. The van der Waals surface area contributed by atoms with Crippen LogP contribution < -0.4 is 10.3 Å². The molecule has 0 radical (unpaired) electrons. The normalized spacial score (nSPS) is 12.9. The van der Waals surface area contributed by atoms with Crippen LogP contribution in [0, 0.1) is 6.92 Å². The molecule has 0 bridgehead atoms. The van der Waals surface area contributed by atoms with E-state index in [4.69, 9.17) is 14.7 Å². The van der Waals surface area contributed by atoms with Gasteiger partial charge in [-0.05, 0) is 42.8 Å². The number of benzene rings is 2. The molecule has 1 aromatic heterocycles. The second-order valence-electron chi connectivity index (χ2n) is 6.29. The van der Waals surface area contributed by atoms with Crippen molar-refractivity contribution in [3.8, 4) is 22.6 Å². The summed E-state index contributed by atoms with van der Waals surface area (Å²) in [5.74, 6) is -1.90. The number of hydrogen-bond acceptors (Lipinski definition) is 6. The topological polar surface area (TPSA) is 146 Å². The first-order chi connectivity index (χ1) is 13.7. The smallest absolute Gasteiger partial charge is 0.432 e. The summed E-state index contributed by atoms with van der Waals surface area (Å²) in [6.45, 7) is 1.47. The molecule has 0 aliphatic heterocycles. The first-order valence-electron chi connectivity index (χ1n) is 8.03. The molecular weight excluding hydrogens is 447 g/mol. The molecule has 13 heteroatoms. The summed E-state index contributed by atoms with van der Waals surface area (Å²) in [5, 5.41) is 10.2. The van der Waals surface area contributed by atoms with E-state index in [1.165, 1.54) is 31.2 Å². The molecule has 8 nitrogen and oxygen atoms in total. The average molecular weight is 461 g/mol. The van der Waals surface area contributed by atoms with Gasteiger partial charge in [-0.25, -0.2) is 32.1 Å². The van der Waals surface area contributed by atoms with Gasteiger partial charge >= 0.3 is 12.1 Å². The minimum absolute atomic E-state index is 0.00870. The number of hydrogen-bond donors (Lipinski definition) is 2. The summed E-state index contributed by atoms with van der Waals surface area (Å²) in [5.41, 5.74) is 0.0722. The lowest BCUT2D eigenvalue weighted by Crippen LogP contribution is -2.13.